The van der Waals surface area contributed by atoms with Gasteiger partial charge in [-0.2, -0.15) is 0 Å². The Labute approximate surface area is 359 Å². The van der Waals surface area contributed by atoms with Crippen LogP contribution in [0.15, 0.2) is 78.9 Å². The highest BCUT2D eigenvalue weighted by Crippen LogP contribution is 2.30. The van der Waals surface area contributed by atoms with Crippen LogP contribution in [0.25, 0.3) is 0 Å². The molecule has 0 heterocycles. The van der Waals surface area contributed by atoms with Crippen molar-refractivity contribution in [1.29, 1.82) is 0 Å². The van der Waals surface area contributed by atoms with Gasteiger partial charge in [0.2, 0.25) is 5.24 Å². The van der Waals surface area contributed by atoms with Crippen molar-refractivity contribution < 1.29 is 60.3 Å². The van der Waals surface area contributed by atoms with Gasteiger partial charge in [-0.25, -0.2) is 0 Å². The van der Waals surface area contributed by atoms with Gasteiger partial charge in [0.1, 0.15) is 0 Å². The van der Waals surface area contributed by atoms with Crippen LogP contribution in [0, 0.1) is 11.8 Å². The minimum Gasteiger partial charge on any atom is -0.504 e. The van der Waals surface area contributed by atoms with E-state index in [9.17, 15) is 29.7 Å². The molecule has 0 aliphatic carbocycles. The number of Topliss-reactive ketones (excluding diaryl/α,β-unsaturated/α-hetero) is 2. The van der Waals surface area contributed by atoms with Crippen LogP contribution in [0.5, 0.6) is 46.0 Å². The fourth-order valence-electron chi connectivity index (χ4n) is 3.90. The van der Waals surface area contributed by atoms with E-state index in [2.05, 4.69) is 27.7 Å². The number of aromatic hydroxyl groups is 8. The summed E-state index contributed by atoms with van der Waals surface area (Å²) in [7, 11) is 0. The molecule has 12 nitrogen and oxygen atoms in total. The van der Waals surface area contributed by atoms with Crippen molar-refractivity contribution in [2.75, 3.05) is 11.8 Å². The number of aliphatic hydroxyl groups excluding tert-OH is 1. The first-order chi connectivity index (χ1) is 25.7. The lowest BCUT2D eigenvalue weighted by molar-refractivity contribution is -0.109. The zero-order chi connectivity index (χ0) is 42.2. The molecule has 57 heavy (non-hydrogen) atoms. The molecule has 4 rings (SSSR count). The number of aliphatic hydroxyl groups is 1. The molecule has 0 fully saturated rings. The van der Waals surface area contributed by atoms with Crippen LogP contribution in [0.2, 0.25) is 0 Å². The second-order valence-electron chi connectivity index (χ2n) is 12.5. The van der Waals surface area contributed by atoms with Crippen molar-refractivity contribution >= 4 is 76.4 Å². The van der Waals surface area contributed by atoms with Crippen molar-refractivity contribution in [2.24, 2.45) is 11.8 Å². The lowest BCUT2D eigenvalue weighted by Crippen LogP contribution is -2.01. The smallest absolute Gasteiger partial charge is 0.236 e. The highest BCUT2D eigenvalue weighted by molar-refractivity contribution is 6.67. The molecule has 0 saturated carbocycles. The molecule has 9 N–H and O–H groups in total. The Kier molecular flexibility index (Phi) is 30.8. The SMILES string of the molecule is CC(C)CCC(=O)c1ccc(O)c(O)c1.CC(C)CCC(O)c1ccc(O)c(O)c1.Cl.Cl.O=C(CCl)c1ccc(O)c(O)c1.O=C(Cl)CCl.Oc1ccccc1O. The molecule has 0 spiro atoms. The number of carbonyl (C=O) groups excluding carboxylic acids is 3. The average molecular weight is 901 g/mol. The number of alkyl halides is 2. The van der Waals surface area contributed by atoms with Crippen molar-refractivity contribution in [2.45, 2.75) is 59.5 Å². The van der Waals surface area contributed by atoms with E-state index in [0.717, 1.165) is 12.8 Å². The first-order valence-corrected chi connectivity index (χ1v) is 18.3. The number of ketones is 2. The molecule has 17 heteroatoms. The second kappa shape index (κ2) is 30.8. The van der Waals surface area contributed by atoms with Gasteiger partial charge in [-0.1, -0.05) is 45.9 Å². The monoisotopic (exact) mass is 898 g/mol. The molecule has 0 aliphatic rings. The van der Waals surface area contributed by atoms with E-state index in [-0.39, 0.29) is 94.1 Å². The van der Waals surface area contributed by atoms with Crippen LogP contribution in [-0.2, 0) is 4.79 Å². The third-order valence-corrected chi connectivity index (χ3v) is 7.81. The number of hydrogen-bond donors (Lipinski definition) is 9. The van der Waals surface area contributed by atoms with E-state index in [4.69, 9.17) is 65.4 Å². The van der Waals surface area contributed by atoms with Gasteiger partial charge in [0, 0.05) is 17.5 Å². The summed E-state index contributed by atoms with van der Waals surface area (Å²) in [5.41, 5.74) is 1.39. The van der Waals surface area contributed by atoms with E-state index in [1.165, 1.54) is 60.7 Å². The maximum absolute atomic E-state index is 11.6. The Bertz CT molecular complexity index is 1770. The number of para-hydroxylation sites is 2. The quantitative estimate of drug-likeness (QED) is 0.0296. The van der Waals surface area contributed by atoms with E-state index in [0.29, 0.717) is 41.4 Å². The topological polar surface area (TPSA) is 233 Å². The molecule has 4 aromatic carbocycles. The summed E-state index contributed by atoms with van der Waals surface area (Å²) < 4.78 is 0. The highest BCUT2D eigenvalue weighted by Gasteiger charge is 2.11. The molecule has 0 amide bonds. The lowest BCUT2D eigenvalue weighted by atomic mass is 10.00. The van der Waals surface area contributed by atoms with Crippen molar-refractivity contribution in [1.82, 2.24) is 0 Å². The molecule has 0 aromatic heterocycles. The van der Waals surface area contributed by atoms with Gasteiger partial charge < -0.3 is 46.0 Å². The van der Waals surface area contributed by atoms with Crippen molar-refractivity contribution in [3.8, 4) is 46.0 Å². The van der Waals surface area contributed by atoms with Gasteiger partial charge in [0.05, 0.1) is 17.9 Å². The van der Waals surface area contributed by atoms with Crippen LogP contribution < -0.4 is 0 Å². The first-order valence-electron chi connectivity index (χ1n) is 16.8. The predicted molar refractivity (Wildman–Crippen MR) is 228 cm³/mol. The number of phenols is 8. The zero-order valence-corrected chi connectivity index (χ0v) is 35.6. The van der Waals surface area contributed by atoms with E-state index >= 15 is 0 Å². The molecule has 1 unspecified atom stereocenters. The highest BCUT2D eigenvalue weighted by atomic mass is 35.5. The fraction of sp³-hybridized carbons (Fsp3) is 0.325. The normalized spacial score (nSPS) is 10.2. The summed E-state index contributed by atoms with van der Waals surface area (Å²) in [6.45, 7) is 8.31. The van der Waals surface area contributed by atoms with E-state index in [1.54, 1.807) is 18.2 Å². The molecule has 1 atom stereocenters. The van der Waals surface area contributed by atoms with Crippen molar-refractivity contribution in [3.05, 3.63) is 95.6 Å². The number of benzene rings is 4. The van der Waals surface area contributed by atoms with Gasteiger partial charge in [-0.05, 0) is 109 Å². The summed E-state index contributed by atoms with van der Waals surface area (Å²) in [6, 6.07) is 18.6. The van der Waals surface area contributed by atoms with Gasteiger partial charge >= 0.3 is 0 Å². The van der Waals surface area contributed by atoms with Gasteiger partial charge in [-0.3, -0.25) is 14.4 Å². The Hall–Kier alpha value is -4.30. The Morgan fingerprint density at radius 1 is 0.509 bits per heavy atom. The summed E-state index contributed by atoms with van der Waals surface area (Å²) in [6.07, 6.45) is 2.34. The van der Waals surface area contributed by atoms with E-state index in [1.807, 2.05) is 0 Å². The van der Waals surface area contributed by atoms with Gasteiger partial charge in [-0.15, -0.1) is 48.0 Å². The molecular weight excluding hydrogens is 850 g/mol. The number of hydrogen-bond acceptors (Lipinski definition) is 12. The molecule has 0 radical (unpaired) electrons. The Morgan fingerprint density at radius 2 is 0.877 bits per heavy atom. The fourth-order valence-corrected chi connectivity index (χ4v) is 4.06. The summed E-state index contributed by atoms with van der Waals surface area (Å²) >= 11 is 14.8. The molecule has 0 saturated heterocycles. The standard InChI is InChI=1S/C12H18O3.C12H16O3.C8H7ClO3.C6H6O2.C2H2Cl2O.2ClH/c2*1-8(2)3-5-10(13)9-4-6-11(14)12(15)7-9;9-4-8(12)5-1-2-6(10)7(11)3-5;7-5-3-1-2-4-6(5)8;3-1-2(4)5;;/h4,6-8,10,13-15H,3,5H2,1-2H3;4,6-8,14-15H,3,5H2,1-2H3;1-3,10-11H,4H2;1-4,7-8H;1H2;2*1H. The number of phenolic OH excluding ortho intramolecular Hbond substituents is 8. The first kappa shape index (κ1) is 57.0. The number of halogens is 5. The van der Waals surface area contributed by atoms with Crippen LogP contribution in [-0.4, -0.2) is 74.5 Å². The largest absolute Gasteiger partial charge is 0.504 e. The summed E-state index contributed by atoms with van der Waals surface area (Å²) in [5.74, 6) is -0.985. The van der Waals surface area contributed by atoms with Crippen LogP contribution >= 0.6 is 59.6 Å². The van der Waals surface area contributed by atoms with E-state index < -0.39 is 11.3 Å². The average Bonchev–Trinajstić information content (AvgIpc) is 3.14. The Balaban J connectivity index is -0.000000659. The molecule has 318 valence electrons. The molecule has 0 bridgehead atoms. The van der Waals surface area contributed by atoms with Crippen LogP contribution in [0.1, 0.15) is 85.8 Å². The molecule has 4 aromatic rings. The van der Waals surface area contributed by atoms with Gasteiger partial charge in [0.15, 0.2) is 57.6 Å². The third kappa shape index (κ3) is 24.8. The minimum absolute atomic E-state index is 0. The number of carbonyl (C=O) groups is 3. The van der Waals surface area contributed by atoms with Crippen LogP contribution in [0.3, 0.4) is 0 Å². The Morgan fingerprint density at radius 3 is 1.21 bits per heavy atom. The summed E-state index contributed by atoms with van der Waals surface area (Å²) in [5, 5.41) is 81.2. The number of rotatable bonds is 11. The predicted octanol–water partition coefficient (Wildman–Crippen LogP) is 9.74. The maximum atomic E-state index is 11.6. The van der Waals surface area contributed by atoms with Gasteiger partial charge in [0.25, 0.3) is 0 Å². The molecular formula is C40H51Cl5O12. The zero-order valence-electron chi connectivity index (χ0n) is 31.7. The summed E-state index contributed by atoms with van der Waals surface area (Å²) in [4.78, 5) is 32.0. The maximum Gasteiger partial charge on any atom is 0.236 e. The van der Waals surface area contributed by atoms with Crippen LogP contribution in [0.4, 0.5) is 0 Å². The van der Waals surface area contributed by atoms with Crippen molar-refractivity contribution in [3.63, 3.8) is 0 Å². The lowest BCUT2D eigenvalue weighted by Gasteiger charge is -2.13. The second-order valence-corrected chi connectivity index (χ2v) is 13.5. The molecule has 0 aliphatic heterocycles. The minimum atomic E-state index is -0.570. The third-order valence-electron chi connectivity index (χ3n) is 7.05.